The lowest BCUT2D eigenvalue weighted by Crippen LogP contribution is -1.97. The van der Waals surface area contributed by atoms with Crippen LogP contribution in [0.4, 0.5) is 11.5 Å². The largest absolute Gasteiger partial charge is 0.340 e. The van der Waals surface area contributed by atoms with Gasteiger partial charge in [-0.05, 0) is 37.1 Å². The molecule has 16 heavy (non-hydrogen) atoms. The Morgan fingerprint density at radius 3 is 2.31 bits per heavy atom. The molecule has 1 N–H and O–H groups in total. The summed E-state index contributed by atoms with van der Waals surface area (Å²) >= 11 is 5.79. The Balaban J connectivity index is 2.30. The minimum absolute atomic E-state index is 0.645. The first kappa shape index (κ1) is 11.0. The number of rotatable bonds is 2. The fraction of sp³-hybridized carbons (Fsp3) is 0.154. The van der Waals surface area contributed by atoms with Crippen LogP contribution in [0.5, 0.6) is 0 Å². The van der Waals surface area contributed by atoms with Gasteiger partial charge in [0.2, 0.25) is 0 Å². The van der Waals surface area contributed by atoms with Gasteiger partial charge in [0.1, 0.15) is 5.82 Å². The van der Waals surface area contributed by atoms with E-state index in [2.05, 4.69) is 36.3 Å². The standard InChI is InChI=1S/C13H13ClN2/c1-9-4-3-5-10(2)13(9)16-12-7-6-11(14)8-15-12/h3-8H,1-2H3,(H,15,16). The lowest BCUT2D eigenvalue weighted by Gasteiger charge is -2.11. The number of aryl methyl sites for hydroxylation is 2. The van der Waals surface area contributed by atoms with Crippen molar-refractivity contribution in [3.8, 4) is 0 Å². The molecule has 0 aliphatic carbocycles. The van der Waals surface area contributed by atoms with E-state index in [0.717, 1.165) is 11.5 Å². The molecule has 2 nitrogen and oxygen atoms in total. The molecule has 1 heterocycles. The molecule has 0 spiro atoms. The van der Waals surface area contributed by atoms with Gasteiger partial charge in [0, 0.05) is 11.9 Å². The fourth-order valence-corrected chi connectivity index (χ4v) is 1.70. The minimum atomic E-state index is 0.645. The van der Waals surface area contributed by atoms with E-state index in [4.69, 9.17) is 11.6 Å². The van der Waals surface area contributed by atoms with Gasteiger partial charge in [-0.1, -0.05) is 29.8 Å². The van der Waals surface area contributed by atoms with Gasteiger partial charge in [-0.3, -0.25) is 0 Å². The van der Waals surface area contributed by atoms with E-state index in [0.29, 0.717) is 5.02 Å². The second-order valence-corrected chi connectivity index (χ2v) is 4.19. The Hall–Kier alpha value is -1.54. The second-order valence-electron chi connectivity index (χ2n) is 3.75. The molecule has 0 bridgehead atoms. The molecule has 1 aromatic carbocycles. The summed E-state index contributed by atoms with van der Waals surface area (Å²) in [6, 6.07) is 9.89. The van der Waals surface area contributed by atoms with Crippen LogP contribution in [0.3, 0.4) is 0 Å². The van der Waals surface area contributed by atoms with E-state index < -0.39 is 0 Å². The highest BCUT2D eigenvalue weighted by Crippen LogP contribution is 2.23. The number of nitrogens with zero attached hydrogens (tertiary/aromatic N) is 1. The van der Waals surface area contributed by atoms with Crippen molar-refractivity contribution >= 4 is 23.1 Å². The first-order valence-corrected chi connectivity index (χ1v) is 5.49. The summed E-state index contributed by atoms with van der Waals surface area (Å²) in [4.78, 5) is 4.21. The number of hydrogen-bond acceptors (Lipinski definition) is 2. The van der Waals surface area contributed by atoms with E-state index in [-0.39, 0.29) is 0 Å². The molecule has 0 atom stereocenters. The molecule has 2 rings (SSSR count). The van der Waals surface area contributed by atoms with E-state index in [1.807, 2.05) is 18.2 Å². The predicted molar refractivity (Wildman–Crippen MR) is 68.4 cm³/mol. The molecule has 0 saturated carbocycles. The number of aromatic nitrogens is 1. The molecule has 0 radical (unpaired) electrons. The summed E-state index contributed by atoms with van der Waals surface area (Å²) in [7, 11) is 0. The summed E-state index contributed by atoms with van der Waals surface area (Å²) < 4.78 is 0. The molecule has 0 unspecified atom stereocenters. The van der Waals surface area contributed by atoms with Gasteiger partial charge in [-0.2, -0.15) is 0 Å². The number of halogens is 1. The third-order valence-corrected chi connectivity index (χ3v) is 2.69. The van der Waals surface area contributed by atoms with Crippen LogP contribution in [0.15, 0.2) is 36.5 Å². The molecule has 0 aliphatic rings. The van der Waals surface area contributed by atoms with Crippen molar-refractivity contribution in [2.75, 3.05) is 5.32 Å². The van der Waals surface area contributed by atoms with Gasteiger partial charge in [-0.25, -0.2) is 4.98 Å². The molecule has 3 heteroatoms. The zero-order chi connectivity index (χ0) is 11.5. The van der Waals surface area contributed by atoms with Crippen molar-refractivity contribution in [3.05, 3.63) is 52.7 Å². The maximum absolute atomic E-state index is 5.79. The van der Waals surface area contributed by atoms with Crippen LogP contribution in [-0.4, -0.2) is 4.98 Å². The minimum Gasteiger partial charge on any atom is -0.340 e. The van der Waals surface area contributed by atoms with Gasteiger partial charge in [0.05, 0.1) is 5.02 Å². The van der Waals surface area contributed by atoms with Crippen LogP contribution in [0, 0.1) is 13.8 Å². The second kappa shape index (κ2) is 4.54. The van der Waals surface area contributed by atoms with Crippen molar-refractivity contribution < 1.29 is 0 Å². The van der Waals surface area contributed by atoms with Crippen LogP contribution in [-0.2, 0) is 0 Å². The maximum Gasteiger partial charge on any atom is 0.130 e. The lowest BCUT2D eigenvalue weighted by atomic mass is 10.1. The van der Waals surface area contributed by atoms with Crippen molar-refractivity contribution in [2.24, 2.45) is 0 Å². The Kier molecular flexibility index (Phi) is 3.11. The summed E-state index contributed by atoms with van der Waals surface area (Å²) in [6.07, 6.45) is 1.64. The normalized spacial score (nSPS) is 10.2. The van der Waals surface area contributed by atoms with Crippen LogP contribution in [0.25, 0.3) is 0 Å². The molecule has 0 aliphatic heterocycles. The highest BCUT2D eigenvalue weighted by atomic mass is 35.5. The molecule has 0 fully saturated rings. The van der Waals surface area contributed by atoms with E-state index >= 15 is 0 Å². The summed E-state index contributed by atoms with van der Waals surface area (Å²) in [5.41, 5.74) is 3.52. The average Bonchev–Trinajstić information content (AvgIpc) is 2.26. The number of nitrogens with one attached hydrogen (secondary N) is 1. The highest BCUT2D eigenvalue weighted by Gasteiger charge is 2.02. The van der Waals surface area contributed by atoms with Gasteiger partial charge >= 0.3 is 0 Å². The van der Waals surface area contributed by atoms with Crippen molar-refractivity contribution in [1.82, 2.24) is 4.98 Å². The Bertz CT molecular complexity index is 472. The molecule has 82 valence electrons. The maximum atomic E-state index is 5.79. The third kappa shape index (κ3) is 2.34. The SMILES string of the molecule is Cc1cccc(C)c1Nc1ccc(Cl)cn1. The molecular weight excluding hydrogens is 220 g/mol. The van der Waals surface area contributed by atoms with Gasteiger partial charge in [0.15, 0.2) is 0 Å². The first-order valence-electron chi connectivity index (χ1n) is 5.11. The number of hydrogen-bond donors (Lipinski definition) is 1. The molecule has 1 aromatic heterocycles. The summed E-state index contributed by atoms with van der Waals surface area (Å²) in [6.45, 7) is 4.15. The monoisotopic (exact) mass is 232 g/mol. The van der Waals surface area contributed by atoms with Gasteiger partial charge < -0.3 is 5.32 Å². The van der Waals surface area contributed by atoms with Crippen molar-refractivity contribution in [2.45, 2.75) is 13.8 Å². The highest BCUT2D eigenvalue weighted by molar-refractivity contribution is 6.30. The Labute approximate surface area is 100 Å². The summed E-state index contributed by atoms with van der Waals surface area (Å²) in [5.74, 6) is 0.807. The molecular formula is C13H13ClN2. The first-order chi connectivity index (χ1) is 7.66. The molecule has 2 aromatic rings. The number of para-hydroxylation sites is 1. The average molecular weight is 233 g/mol. The van der Waals surface area contributed by atoms with Gasteiger partial charge in [-0.15, -0.1) is 0 Å². The van der Waals surface area contributed by atoms with E-state index in [9.17, 15) is 0 Å². The Morgan fingerprint density at radius 1 is 1.06 bits per heavy atom. The lowest BCUT2D eigenvalue weighted by molar-refractivity contribution is 1.28. The number of anilines is 2. The van der Waals surface area contributed by atoms with Crippen LogP contribution in [0.2, 0.25) is 5.02 Å². The van der Waals surface area contributed by atoms with Crippen molar-refractivity contribution in [1.29, 1.82) is 0 Å². The van der Waals surface area contributed by atoms with Crippen LogP contribution >= 0.6 is 11.6 Å². The van der Waals surface area contributed by atoms with Gasteiger partial charge in [0.25, 0.3) is 0 Å². The van der Waals surface area contributed by atoms with Crippen LogP contribution in [0.1, 0.15) is 11.1 Å². The Morgan fingerprint density at radius 2 is 1.75 bits per heavy atom. The predicted octanol–water partition coefficient (Wildman–Crippen LogP) is 4.10. The number of benzene rings is 1. The number of pyridine rings is 1. The third-order valence-electron chi connectivity index (χ3n) is 2.46. The smallest absolute Gasteiger partial charge is 0.130 e. The molecule has 0 amide bonds. The zero-order valence-electron chi connectivity index (χ0n) is 9.29. The zero-order valence-corrected chi connectivity index (χ0v) is 10.0. The quantitative estimate of drug-likeness (QED) is 0.844. The van der Waals surface area contributed by atoms with E-state index in [1.165, 1.54) is 11.1 Å². The summed E-state index contributed by atoms with van der Waals surface area (Å²) in [5, 5.41) is 3.94. The van der Waals surface area contributed by atoms with E-state index in [1.54, 1.807) is 6.20 Å². The van der Waals surface area contributed by atoms with Crippen LogP contribution < -0.4 is 5.32 Å². The molecule has 0 saturated heterocycles. The fourth-order valence-electron chi connectivity index (χ4n) is 1.59. The topological polar surface area (TPSA) is 24.9 Å². The van der Waals surface area contributed by atoms with Crippen molar-refractivity contribution in [3.63, 3.8) is 0 Å².